The van der Waals surface area contributed by atoms with E-state index in [9.17, 15) is 4.79 Å². The first kappa shape index (κ1) is 17.8. The molecular formula is C20H31NO2. The van der Waals surface area contributed by atoms with E-state index >= 15 is 0 Å². The Morgan fingerprint density at radius 1 is 1.13 bits per heavy atom. The van der Waals surface area contributed by atoms with Gasteiger partial charge in [-0.15, -0.1) is 0 Å². The number of likely N-dealkylation sites (N-methyl/N-ethyl adjacent to an activating group) is 1. The number of rotatable bonds is 4. The summed E-state index contributed by atoms with van der Waals surface area (Å²) in [4.78, 5) is 14.5. The molecule has 0 bridgehead atoms. The van der Waals surface area contributed by atoms with Crippen LogP contribution in [-0.4, -0.2) is 30.0 Å². The lowest BCUT2D eigenvalue weighted by molar-refractivity contribution is -0.139. The van der Waals surface area contributed by atoms with Crippen LogP contribution in [0.4, 0.5) is 0 Å². The fraction of sp³-hybridized carbons (Fsp3) is 0.650. The van der Waals surface area contributed by atoms with Crippen LogP contribution in [-0.2, 0) is 10.2 Å². The maximum atomic E-state index is 12.6. The van der Waals surface area contributed by atoms with Crippen LogP contribution < -0.4 is 4.74 Å². The smallest absolute Gasteiger partial charge is 0.263 e. The predicted molar refractivity (Wildman–Crippen MR) is 94.9 cm³/mol. The van der Waals surface area contributed by atoms with Crippen molar-refractivity contribution in [3.05, 3.63) is 29.8 Å². The first-order valence-corrected chi connectivity index (χ1v) is 8.83. The van der Waals surface area contributed by atoms with E-state index in [1.807, 2.05) is 31.0 Å². The molecule has 0 N–H and O–H groups in total. The molecule has 1 amide bonds. The van der Waals surface area contributed by atoms with E-state index < -0.39 is 6.10 Å². The van der Waals surface area contributed by atoms with E-state index in [2.05, 4.69) is 32.9 Å². The average Bonchev–Trinajstić information content (AvgIpc) is 2.54. The van der Waals surface area contributed by atoms with Gasteiger partial charge in [0, 0.05) is 13.1 Å². The molecule has 0 unspecified atom stereocenters. The van der Waals surface area contributed by atoms with Gasteiger partial charge in [-0.1, -0.05) is 52.2 Å². The standard InChI is InChI=1S/C20H31NO2/c1-15(19(22)21(5)17-9-7-6-8-10-17)23-18-13-11-16(12-14-18)20(2,3)4/h11-15,17H,6-10H2,1-5H3/t15-/m0/s1. The minimum absolute atomic E-state index is 0.0804. The fourth-order valence-corrected chi connectivity index (χ4v) is 3.22. The summed E-state index contributed by atoms with van der Waals surface area (Å²) < 4.78 is 5.86. The van der Waals surface area contributed by atoms with Gasteiger partial charge in [0.1, 0.15) is 5.75 Å². The van der Waals surface area contributed by atoms with Crippen molar-refractivity contribution in [1.82, 2.24) is 4.90 Å². The van der Waals surface area contributed by atoms with Crippen LogP contribution in [0.3, 0.4) is 0 Å². The Kier molecular flexibility index (Phi) is 5.72. The summed E-state index contributed by atoms with van der Waals surface area (Å²) in [7, 11) is 1.92. The van der Waals surface area contributed by atoms with E-state index in [0.29, 0.717) is 6.04 Å². The first-order valence-electron chi connectivity index (χ1n) is 8.83. The zero-order valence-corrected chi connectivity index (χ0v) is 15.3. The molecule has 2 rings (SSSR count). The van der Waals surface area contributed by atoms with Crippen molar-refractivity contribution in [3.8, 4) is 5.75 Å². The Labute approximate surface area is 141 Å². The van der Waals surface area contributed by atoms with Gasteiger partial charge in [0.15, 0.2) is 6.10 Å². The van der Waals surface area contributed by atoms with E-state index in [-0.39, 0.29) is 11.3 Å². The third-order valence-electron chi connectivity index (χ3n) is 4.85. The Bertz CT molecular complexity index is 509. The van der Waals surface area contributed by atoms with Gasteiger partial charge in [0.05, 0.1) is 0 Å². The van der Waals surface area contributed by atoms with Crippen molar-refractivity contribution in [3.63, 3.8) is 0 Å². The molecule has 1 saturated carbocycles. The average molecular weight is 317 g/mol. The molecule has 1 aromatic rings. The number of nitrogens with zero attached hydrogens (tertiary/aromatic N) is 1. The van der Waals surface area contributed by atoms with Crippen molar-refractivity contribution >= 4 is 5.91 Å². The molecule has 3 nitrogen and oxygen atoms in total. The molecule has 0 aliphatic heterocycles. The molecule has 0 heterocycles. The normalized spacial score (nSPS) is 17.6. The molecule has 23 heavy (non-hydrogen) atoms. The van der Waals surface area contributed by atoms with Crippen molar-refractivity contribution in [1.29, 1.82) is 0 Å². The second-order valence-electron chi connectivity index (χ2n) is 7.78. The summed E-state index contributed by atoms with van der Waals surface area (Å²) in [5, 5.41) is 0. The molecule has 0 saturated heterocycles. The lowest BCUT2D eigenvalue weighted by Gasteiger charge is -2.33. The third kappa shape index (κ3) is 4.73. The lowest BCUT2D eigenvalue weighted by atomic mass is 9.87. The van der Waals surface area contributed by atoms with Gasteiger partial charge >= 0.3 is 0 Å². The van der Waals surface area contributed by atoms with Crippen LogP contribution in [0, 0.1) is 0 Å². The maximum Gasteiger partial charge on any atom is 0.263 e. The molecule has 1 atom stereocenters. The van der Waals surface area contributed by atoms with Crippen LogP contribution in [0.1, 0.15) is 65.4 Å². The summed E-state index contributed by atoms with van der Waals surface area (Å²) >= 11 is 0. The Balaban J connectivity index is 1.95. The number of hydrogen-bond donors (Lipinski definition) is 0. The quantitative estimate of drug-likeness (QED) is 0.816. The lowest BCUT2D eigenvalue weighted by Crippen LogP contribution is -2.44. The van der Waals surface area contributed by atoms with Crippen LogP contribution in [0.5, 0.6) is 5.75 Å². The Morgan fingerprint density at radius 2 is 1.70 bits per heavy atom. The van der Waals surface area contributed by atoms with Crippen LogP contribution >= 0.6 is 0 Å². The molecule has 0 spiro atoms. The second-order valence-corrected chi connectivity index (χ2v) is 7.78. The highest BCUT2D eigenvalue weighted by Crippen LogP contribution is 2.25. The number of amides is 1. The molecular weight excluding hydrogens is 286 g/mol. The predicted octanol–water partition coefficient (Wildman–Crippen LogP) is 4.54. The summed E-state index contributed by atoms with van der Waals surface area (Å²) in [6.07, 6.45) is 5.55. The van der Waals surface area contributed by atoms with Crippen LogP contribution in [0.25, 0.3) is 0 Å². The molecule has 0 radical (unpaired) electrons. The van der Waals surface area contributed by atoms with Crippen molar-refractivity contribution in [2.45, 2.75) is 77.4 Å². The van der Waals surface area contributed by atoms with E-state index in [1.54, 1.807) is 0 Å². The highest BCUT2D eigenvalue weighted by molar-refractivity contribution is 5.81. The first-order chi connectivity index (χ1) is 10.8. The monoisotopic (exact) mass is 317 g/mol. The minimum Gasteiger partial charge on any atom is -0.481 e. The van der Waals surface area contributed by atoms with E-state index in [0.717, 1.165) is 18.6 Å². The van der Waals surface area contributed by atoms with Crippen LogP contribution in [0.2, 0.25) is 0 Å². The van der Waals surface area contributed by atoms with Gasteiger partial charge in [-0.3, -0.25) is 4.79 Å². The van der Waals surface area contributed by atoms with Gasteiger partial charge in [0.25, 0.3) is 5.91 Å². The highest BCUT2D eigenvalue weighted by atomic mass is 16.5. The maximum absolute atomic E-state index is 12.6. The van der Waals surface area contributed by atoms with Gasteiger partial charge in [-0.05, 0) is 42.9 Å². The molecule has 1 fully saturated rings. The number of hydrogen-bond acceptors (Lipinski definition) is 2. The SMILES string of the molecule is C[C@H](Oc1ccc(C(C)(C)C)cc1)C(=O)N(C)C1CCCCC1. The largest absolute Gasteiger partial charge is 0.481 e. The molecule has 0 aromatic heterocycles. The fourth-order valence-electron chi connectivity index (χ4n) is 3.22. The topological polar surface area (TPSA) is 29.5 Å². The summed E-state index contributed by atoms with van der Waals surface area (Å²) in [5.74, 6) is 0.840. The van der Waals surface area contributed by atoms with Gasteiger partial charge in [-0.2, -0.15) is 0 Å². The number of benzene rings is 1. The molecule has 128 valence electrons. The van der Waals surface area contributed by atoms with Gasteiger partial charge < -0.3 is 9.64 Å². The number of carbonyl (C=O) groups is 1. The van der Waals surface area contributed by atoms with Crippen molar-refractivity contribution < 1.29 is 9.53 Å². The van der Waals surface area contributed by atoms with E-state index in [1.165, 1.54) is 24.8 Å². The highest BCUT2D eigenvalue weighted by Gasteiger charge is 2.26. The second kappa shape index (κ2) is 7.37. The summed E-state index contributed by atoms with van der Waals surface area (Å²) in [5.41, 5.74) is 1.39. The Morgan fingerprint density at radius 3 is 2.22 bits per heavy atom. The minimum atomic E-state index is -0.442. The van der Waals surface area contributed by atoms with Crippen LogP contribution in [0.15, 0.2) is 24.3 Å². The van der Waals surface area contributed by atoms with Gasteiger partial charge in [-0.25, -0.2) is 0 Å². The Hall–Kier alpha value is -1.51. The molecule has 1 aliphatic rings. The summed E-state index contributed by atoms with van der Waals surface area (Å²) in [6.45, 7) is 8.41. The third-order valence-corrected chi connectivity index (χ3v) is 4.85. The van der Waals surface area contributed by atoms with Crippen molar-refractivity contribution in [2.75, 3.05) is 7.05 Å². The molecule has 1 aromatic carbocycles. The molecule has 3 heteroatoms. The van der Waals surface area contributed by atoms with E-state index in [4.69, 9.17) is 4.74 Å². The van der Waals surface area contributed by atoms with Gasteiger partial charge in [0.2, 0.25) is 0 Å². The molecule has 1 aliphatic carbocycles. The number of ether oxygens (including phenoxy) is 1. The van der Waals surface area contributed by atoms with Crippen molar-refractivity contribution in [2.24, 2.45) is 0 Å². The zero-order valence-electron chi connectivity index (χ0n) is 15.3. The summed E-state index contributed by atoms with van der Waals surface area (Å²) in [6, 6.07) is 8.47. The number of carbonyl (C=O) groups excluding carboxylic acids is 1. The zero-order chi connectivity index (χ0) is 17.0.